The Hall–Kier alpha value is -2.75. The highest BCUT2D eigenvalue weighted by Gasteiger charge is 2.11. The third-order valence-corrected chi connectivity index (χ3v) is 2.29. The summed E-state index contributed by atoms with van der Waals surface area (Å²) in [5.74, 6) is -0.712. The van der Waals surface area contributed by atoms with Crippen LogP contribution in [0.4, 0.5) is 10.1 Å². The molecule has 0 saturated heterocycles. The number of nitrogens with two attached hydrogens (primary N) is 2. The zero-order chi connectivity index (χ0) is 14.4. The molecule has 1 aromatic carbocycles. The maximum absolute atomic E-state index is 13.8. The summed E-state index contributed by atoms with van der Waals surface area (Å²) in [6.07, 6.45) is 0. The summed E-state index contributed by atoms with van der Waals surface area (Å²) in [5.41, 5.74) is 11.3. The van der Waals surface area contributed by atoms with E-state index in [2.05, 4.69) is 15.0 Å². The van der Waals surface area contributed by atoms with Gasteiger partial charge in [0, 0.05) is 14.1 Å². The minimum atomic E-state index is -0.740. The predicted molar refractivity (Wildman–Crippen MR) is 73.3 cm³/mol. The molecule has 0 heterocycles. The molecule has 0 bridgehead atoms. The molecule has 1 rings (SSSR count). The summed E-state index contributed by atoms with van der Waals surface area (Å²) in [6.45, 7) is 0. The fraction of sp³-hybridized carbons (Fsp3) is 0.167. The normalized spacial score (nSPS) is 13.3. The summed E-state index contributed by atoms with van der Waals surface area (Å²) >= 11 is 0. The first kappa shape index (κ1) is 14.3. The summed E-state index contributed by atoms with van der Waals surface area (Å²) in [6, 6.07) is 5.98. The summed E-state index contributed by atoms with van der Waals surface area (Å²) in [7, 11) is 2.95. The Morgan fingerprint density at radius 2 is 1.89 bits per heavy atom. The summed E-state index contributed by atoms with van der Waals surface area (Å²) < 4.78 is 13.8. The van der Waals surface area contributed by atoms with E-state index >= 15 is 0 Å². The summed E-state index contributed by atoms with van der Waals surface area (Å²) in [4.78, 5) is 11.5. The van der Waals surface area contributed by atoms with Crippen molar-refractivity contribution >= 4 is 23.1 Å². The van der Waals surface area contributed by atoms with Gasteiger partial charge >= 0.3 is 0 Å². The van der Waals surface area contributed by atoms with Crippen molar-refractivity contribution in [3.8, 4) is 6.07 Å². The number of halogens is 1. The number of rotatable bonds is 3. The fourth-order valence-corrected chi connectivity index (χ4v) is 1.34. The Morgan fingerprint density at radius 3 is 2.42 bits per heavy atom. The molecule has 7 heteroatoms. The Bertz CT molecular complexity index is 609. The van der Waals surface area contributed by atoms with E-state index in [4.69, 9.17) is 16.7 Å². The van der Waals surface area contributed by atoms with E-state index in [9.17, 15) is 4.39 Å². The molecule has 0 aliphatic rings. The second-order valence-electron chi connectivity index (χ2n) is 3.43. The maximum Gasteiger partial charge on any atom is 0.166 e. The van der Waals surface area contributed by atoms with Crippen molar-refractivity contribution in [2.75, 3.05) is 14.1 Å². The van der Waals surface area contributed by atoms with E-state index < -0.39 is 5.82 Å². The molecule has 0 fully saturated rings. The first-order chi connectivity index (χ1) is 9.04. The first-order valence-electron chi connectivity index (χ1n) is 5.27. The minimum Gasteiger partial charge on any atom is -0.382 e. The van der Waals surface area contributed by atoms with E-state index in [0.717, 1.165) is 0 Å². The third kappa shape index (κ3) is 3.13. The molecule has 0 saturated carbocycles. The van der Waals surface area contributed by atoms with Gasteiger partial charge in [0.15, 0.2) is 11.7 Å². The van der Waals surface area contributed by atoms with Crippen molar-refractivity contribution in [1.29, 1.82) is 5.26 Å². The zero-order valence-electron chi connectivity index (χ0n) is 10.6. The predicted octanol–water partition coefficient (Wildman–Crippen LogP) is 0.744. The number of aliphatic imine (C=N–C) groups is 3. The highest BCUT2D eigenvalue weighted by molar-refractivity contribution is 6.67. The molecule has 0 atom stereocenters. The van der Waals surface area contributed by atoms with Crippen molar-refractivity contribution in [2.24, 2.45) is 26.4 Å². The van der Waals surface area contributed by atoms with Crippen molar-refractivity contribution < 1.29 is 4.39 Å². The molecule has 1 aromatic rings. The molecule has 4 N–H and O–H groups in total. The van der Waals surface area contributed by atoms with Gasteiger partial charge < -0.3 is 11.5 Å². The molecule has 0 aromatic heterocycles. The van der Waals surface area contributed by atoms with Crippen LogP contribution in [0.2, 0.25) is 0 Å². The van der Waals surface area contributed by atoms with Gasteiger partial charge in [0.05, 0.1) is 5.56 Å². The number of amidine groups is 2. The molecule has 98 valence electrons. The van der Waals surface area contributed by atoms with E-state index in [1.54, 1.807) is 6.07 Å². The Labute approximate surface area is 110 Å². The molecule has 0 aliphatic carbocycles. The van der Waals surface area contributed by atoms with E-state index in [-0.39, 0.29) is 28.6 Å². The smallest absolute Gasteiger partial charge is 0.166 e. The standard InChI is InChI=1S/C12H13FN6/c1-17-10(11(15)18-2)12(16)19-8-5-3-4-7(6-14)9(8)13/h3-5H,1-2H3,(H2,15,18)(H2,16,19). The third-order valence-electron chi connectivity index (χ3n) is 2.29. The van der Waals surface area contributed by atoms with Crippen molar-refractivity contribution in [1.82, 2.24) is 0 Å². The molecular weight excluding hydrogens is 247 g/mol. The van der Waals surface area contributed by atoms with Gasteiger partial charge in [-0.15, -0.1) is 0 Å². The highest BCUT2D eigenvalue weighted by Crippen LogP contribution is 2.20. The Kier molecular flexibility index (Phi) is 4.71. The van der Waals surface area contributed by atoms with Gasteiger partial charge in [-0.2, -0.15) is 5.26 Å². The van der Waals surface area contributed by atoms with Crippen molar-refractivity contribution in [2.45, 2.75) is 0 Å². The van der Waals surface area contributed by atoms with Gasteiger partial charge in [-0.05, 0) is 12.1 Å². The van der Waals surface area contributed by atoms with Crippen LogP contribution >= 0.6 is 0 Å². The largest absolute Gasteiger partial charge is 0.382 e. The minimum absolute atomic E-state index is 0.0541. The lowest BCUT2D eigenvalue weighted by Crippen LogP contribution is -2.36. The topological polar surface area (TPSA) is 113 Å². The average molecular weight is 260 g/mol. The number of benzene rings is 1. The van der Waals surface area contributed by atoms with Crippen LogP contribution in [0.1, 0.15) is 5.56 Å². The number of hydrogen-bond acceptors (Lipinski definition) is 4. The van der Waals surface area contributed by atoms with Gasteiger partial charge in [-0.3, -0.25) is 9.98 Å². The van der Waals surface area contributed by atoms with Gasteiger partial charge in [-0.1, -0.05) is 6.07 Å². The van der Waals surface area contributed by atoms with Crippen LogP contribution in [0, 0.1) is 17.1 Å². The lowest BCUT2D eigenvalue weighted by atomic mass is 10.2. The number of hydrogen-bond donors (Lipinski definition) is 2. The van der Waals surface area contributed by atoms with E-state index in [0.29, 0.717) is 0 Å². The van der Waals surface area contributed by atoms with Crippen LogP contribution < -0.4 is 11.5 Å². The molecule has 6 nitrogen and oxygen atoms in total. The maximum atomic E-state index is 13.8. The van der Waals surface area contributed by atoms with Crippen molar-refractivity contribution in [3.05, 3.63) is 29.6 Å². The lowest BCUT2D eigenvalue weighted by Gasteiger charge is -2.05. The van der Waals surface area contributed by atoms with Crippen LogP contribution in [0.15, 0.2) is 33.2 Å². The molecule has 0 unspecified atom stereocenters. The number of nitrogens with zero attached hydrogens (tertiary/aromatic N) is 4. The van der Waals surface area contributed by atoms with Gasteiger partial charge in [0.1, 0.15) is 23.3 Å². The van der Waals surface area contributed by atoms with Gasteiger partial charge in [-0.25, -0.2) is 9.38 Å². The van der Waals surface area contributed by atoms with Crippen molar-refractivity contribution in [3.63, 3.8) is 0 Å². The monoisotopic (exact) mass is 260 g/mol. The average Bonchev–Trinajstić information content (AvgIpc) is 2.41. The number of nitriles is 1. The zero-order valence-corrected chi connectivity index (χ0v) is 10.6. The van der Waals surface area contributed by atoms with Crippen LogP contribution in [0.3, 0.4) is 0 Å². The molecule has 0 radical (unpaired) electrons. The molecule has 19 heavy (non-hydrogen) atoms. The van der Waals surface area contributed by atoms with Crippen LogP contribution in [0.5, 0.6) is 0 Å². The highest BCUT2D eigenvalue weighted by atomic mass is 19.1. The lowest BCUT2D eigenvalue weighted by molar-refractivity contribution is 0.626. The van der Waals surface area contributed by atoms with Crippen LogP contribution in [0.25, 0.3) is 0 Å². The van der Waals surface area contributed by atoms with Gasteiger partial charge in [0.25, 0.3) is 0 Å². The second-order valence-corrected chi connectivity index (χ2v) is 3.43. The molecular formula is C12H13FN6. The molecule has 0 spiro atoms. The first-order valence-corrected chi connectivity index (χ1v) is 5.27. The van der Waals surface area contributed by atoms with Gasteiger partial charge in [0.2, 0.25) is 0 Å². The second kappa shape index (κ2) is 6.26. The SMILES string of the molecule is CN=C(N)C(=NC)C(N)=Nc1cccc(C#N)c1F. The quantitative estimate of drug-likeness (QED) is 0.617. The van der Waals surface area contributed by atoms with Crippen LogP contribution in [-0.2, 0) is 0 Å². The molecule has 0 amide bonds. The summed E-state index contributed by atoms with van der Waals surface area (Å²) in [5, 5.41) is 8.73. The Morgan fingerprint density at radius 1 is 1.21 bits per heavy atom. The molecule has 0 aliphatic heterocycles. The van der Waals surface area contributed by atoms with E-state index in [1.807, 2.05) is 0 Å². The van der Waals surface area contributed by atoms with Crippen LogP contribution in [-0.4, -0.2) is 31.5 Å². The fourth-order valence-electron chi connectivity index (χ4n) is 1.34. The van der Waals surface area contributed by atoms with E-state index in [1.165, 1.54) is 32.3 Å². The Balaban J connectivity index is 3.27.